The number of benzene rings is 2. The van der Waals surface area contributed by atoms with Crippen LogP contribution >= 0.6 is 0 Å². The minimum Gasteiger partial charge on any atom is -0.340 e. The Hall–Kier alpha value is -4.24. The fraction of sp³-hybridized carbons (Fsp3) is 0.375. The van der Waals surface area contributed by atoms with E-state index in [2.05, 4.69) is 15.7 Å². The largest absolute Gasteiger partial charge is 0.340 e. The van der Waals surface area contributed by atoms with Gasteiger partial charge >= 0.3 is 0 Å². The maximum Gasteiger partial charge on any atom is 0.257 e. The lowest BCUT2D eigenvalue weighted by molar-refractivity contribution is -0.131. The molecule has 2 fully saturated rings. The number of nitrogens with one attached hydrogen (secondary N) is 2. The highest BCUT2D eigenvalue weighted by Crippen LogP contribution is 2.28. The van der Waals surface area contributed by atoms with Crippen molar-refractivity contribution in [3.63, 3.8) is 0 Å². The van der Waals surface area contributed by atoms with Crippen molar-refractivity contribution in [1.29, 1.82) is 0 Å². The van der Waals surface area contributed by atoms with Crippen molar-refractivity contribution in [1.82, 2.24) is 24.6 Å². The minimum atomic E-state index is -0.232. The molecule has 6 rings (SSSR count). The van der Waals surface area contributed by atoms with Crippen LogP contribution in [0.1, 0.15) is 51.7 Å². The number of nitrogens with zero attached hydrogens (tertiary/aromatic N) is 4. The zero-order chi connectivity index (χ0) is 28.7. The average Bonchev–Trinajstić information content (AvgIpc) is 3.72. The van der Waals surface area contributed by atoms with Gasteiger partial charge in [0, 0.05) is 55.4 Å². The van der Waals surface area contributed by atoms with E-state index in [9.17, 15) is 14.4 Å². The third-order valence-corrected chi connectivity index (χ3v) is 8.49. The second kappa shape index (κ2) is 11.0. The van der Waals surface area contributed by atoms with Gasteiger partial charge in [0.25, 0.3) is 5.91 Å². The maximum absolute atomic E-state index is 13.5. The number of carbonyl (C=O) groups excluding carboxylic acids is 3. The second-order valence-electron chi connectivity index (χ2n) is 11.4. The van der Waals surface area contributed by atoms with E-state index in [1.165, 1.54) is 0 Å². The molecule has 4 heterocycles. The van der Waals surface area contributed by atoms with E-state index >= 15 is 0 Å². The number of aromatic nitrogens is 3. The highest BCUT2D eigenvalue weighted by molar-refractivity contribution is 6.13. The number of hydrogen-bond acceptors (Lipinski definition) is 5. The van der Waals surface area contributed by atoms with E-state index < -0.39 is 0 Å². The molecular weight excluding hydrogens is 516 g/mol. The van der Waals surface area contributed by atoms with E-state index in [1.807, 2.05) is 72.7 Å². The highest BCUT2D eigenvalue weighted by Gasteiger charge is 2.38. The molecule has 9 nitrogen and oxygen atoms in total. The van der Waals surface area contributed by atoms with Gasteiger partial charge in [-0.1, -0.05) is 18.6 Å². The van der Waals surface area contributed by atoms with Gasteiger partial charge in [0.15, 0.2) is 5.78 Å². The van der Waals surface area contributed by atoms with Crippen molar-refractivity contribution in [2.24, 2.45) is 11.8 Å². The highest BCUT2D eigenvalue weighted by atomic mass is 16.2. The molecule has 0 saturated carbocycles. The van der Waals surface area contributed by atoms with Crippen LogP contribution in [0.2, 0.25) is 0 Å². The van der Waals surface area contributed by atoms with Crippen molar-refractivity contribution in [3.05, 3.63) is 77.2 Å². The summed E-state index contributed by atoms with van der Waals surface area (Å²) in [4.78, 5) is 41.1. The number of carbonyl (C=O) groups is 3. The van der Waals surface area contributed by atoms with Gasteiger partial charge in [-0.15, -0.1) is 0 Å². The molecule has 212 valence electrons. The predicted octanol–water partition coefficient (Wildman–Crippen LogP) is 4.36. The van der Waals surface area contributed by atoms with Crippen LogP contribution < -0.4 is 10.6 Å². The number of likely N-dealkylation sites (tertiary alicyclic amines) is 1. The third-order valence-electron chi connectivity index (χ3n) is 8.49. The summed E-state index contributed by atoms with van der Waals surface area (Å²) in [6.07, 6.45) is 4.71. The summed E-state index contributed by atoms with van der Waals surface area (Å²) in [5.41, 5.74) is 5.34. The second-order valence-corrected chi connectivity index (χ2v) is 11.4. The zero-order valence-electron chi connectivity index (χ0n) is 23.8. The van der Waals surface area contributed by atoms with Crippen LogP contribution in [0.4, 0.5) is 5.69 Å². The summed E-state index contributed by atoms with van der Waals surface area (Å²) < 4.78 is 3.64. The van der Waals surface area contributed by atoms with Crippen LogP contribution in [0.5, 0.6) is 0 Å². The summed E-state index contributed by atoms with van der Waals surface area (Å²) in [5.74, 6) is 1.03. The van der Waals surface area contributed by atoms with Gasteiger partial charge in [0.1, 0.15) is 6.54 Å². The first-order valence-corrected chi connectivity index (χ1v) is 14.4. The van der Waals surface area contributed by atoms with E-state index in [0.717, 1.165) is 60.4 Å². The molecular formula is C32H36N6O3. The van der Waals surface area contributed by atoms with Crippen LogP contribution in [0.15, 0.2) is 54.9 Å². The van der Waals surface area contributed by atoms with Gasteiger partial charge in [0.2, 0.25) is 5.91 Å². The molecule has 2 aromatic carbocycles. The molecule has 2 aliphatic rings. The first-order valence-electron chi connectivity index (χ1n) is 14.4. The van der Waals surface area contributed by atoms with Gasteiger partial charge in [-0.3, -0.25) is 14.4 Å². The maximum atomic E-state index is 13.5. The SMILES string of the molecule is CCCC(=O)c1cnn(-c2ccc(NC(=O)c3cn(CC(=O)N4CC5CNCC5C4)c4ccc(C)cc34)cc2)c1C. The predicted molar refractivity (Wildman–Crippen MR) is 159 cm³/mol. The summed E-state index contributed by atoms with van der Waals surface area (Å²) in [5, 5.41) is 11.7. The molecule has 41 heavy (non-hydrogen) atoms. The lowest BCUT2D eigenvalue weighted by Gasteiger charge is -2.18. The van der Waals surface area contributed by atoms with Gasteiger partial charge in [0.05, 0.1) is 28.7 Å². The standard InChI is InChI=1S/C32H36N6O3/c1-4-5-30(39)27-15-34-38(21(27)3)25-9-7-24(8-10-25)35-32(41)28-18-36(29-11-6-20(2)12-26(28)29)19-31(40)37-16-22-13-33-14-23(22)17-37/h6-12,15,18,22-23,33H,4-5,13-14,16-17,19H2,1-3H3,(H,35,41). The minimum absolute atomic E-state index is 0.0906. The summed E-state index contributed by atoms with van der Waals surface area (Å²) in [6.45, 7) is 9.64. The monoisotopic (exact) mass is 552 g/mol. The number of Topliss-reactive ketones (excluding diaryl/α,β-unsaturated/α-hetero) is 1. The Morgan fingerprint density at radius 3 is 2.44 bits per heavy atom. The summed E-state index contributed by atoms with van der Waals surface area (Å²) >= 11 is 0. The molecule has 2 unspecified atom stereocenters. The number of rotatable bonds is 8. The Bertz CT molecular complexity index is 1620. The first-order chi connectivity index (χ1) is 19.8. The Balaban J connectivity index is 1.19. The lowest BCUT2D eigenvalue weighted by Crippen LogP contribution is -2.34. The number of anilines is 1. The van der Waals surface area contributed by atoms with Crippen LogP contribution in [-0.2, 0) is 11.3 Å². The van der Waals surface area contributed by atoms with E-state index in [0.29, 0.717) is 35.1 Å². The fourth-order valence-corrected chi connectivity index (χ4v) is 6.22. The Labute approximate surface area is 239 Å². The van der Waals surface area contributed by atoms with Crippen molar-refractivity contribution in [2.75, 3.05) is 31.5 Å². The van der Waals surface area contributed by atoms with Crippen LogP contribution in [0, 0.1) is 25.7 Å². The molecule has 2 N–H and O–H groups in total. The normalized spacial score (nSPS) is 18.2. The van der Waals surface area contributed by atoms with Crippen molar-refractivity contribution in [3.8, 4) is 5.69 Å². The van der Waals surface area contributed by atoms with Crippen LogP contribution in [-0.4, -0.2) is 63.0 Å². The molecule has 2 amide bonds. The van der Waals surface area contributed by atoms with E-state index in [-0.39, 0.29) is 24.1 Å². The Morgan fingerprint density at radius 1 is 1.00 bits per heavy atom. The first kappa shape index (κ1) is 27.0. The van der Waals surface area contributed by atoms with Crippen LogP contribution in [0.25, 0.3) is 16.6 Å². The molecule has 0 spiro atoms. The Kier molecular flexibility index (Phi) is 7.21. The van der Waals surface area contributed by atoms with Crippen molar-refractivity contribution < 1.29 is 14.4 Å². The van der Waals surface area contributed by atoms with Crippen molar-refractivity contribution in [2.45, 2.75) is 40.2 Å². The van der Waals surface area contributed by atoms with Crippen LogP contribution in [0.3, 0.4) is 0 Å². The molecule has 2 aliphatic heterocycles. The van der Waals surface area contributed by atoms with Gasteiger partial charge in [-0.25, -0.2) is 4.68 Å². The van der Waals surface area contributed by atoms with Gasteiger partial charge < -0.3 is 20.1 Å². The lowest BCUT2D eigenvalue weighted by atomic mass is 10.0. The number of aryl methyl sites for hydroxylation is 1. The summed E-state index contributed by atoms with van der Waals surface area (Å²) in [7, 11) is 0. The number of amides is 2. The van der Waals surface area contributed by atoms with E-state index in [4.69, 9.17) is 0 Å². The molecule has 2 aromatic heterocycles. The molecule has 0 bridgehead atoms. The molecule has 9 heteroatoms. The molecule has 0 radical (unpaired) electrons. The third kappa shape index (κ3) is 5.17. The number of hydrogen-bond donors (Lipinski definition) is 2. The molecule has 0 aliphatic carbocycles. The van der Waals surface area contributed by atoms with E-state index in [1.54, 1.807) is 17.1 Å². The average molecular weight is 553 g/mol. The summed E-state index contributed by atoms with van der Waals surface area (Å²) in [6, 6.07) is 13.4. The van der Waals surface area contributed by atoms with Crippen molar-refractivity contribution >= 4 is 34.2 Å². The smallest absolute Gasteiger partial charge is 0.257 e. The van der Waals surface area contributed by atoms with Gasteiger partial charge in [-0.2, -0.15) is 5.10 Å². The zero-order valence-corrected chi connectivity index (χ0v) is 23.8. The molecule has 4 aromatic rings. The van der Waals surface area contributed by atoms with Gasteiger partial charge in [-0.05, 0) is 68.5 Å². The molecule has 2 saturated heterocycles. The number of ketones is 1. The quantitative estimate of drug-likeness (QED) is 0.317. The molecule has 2 atom stereocenters. The Morgan fingerprint density at radius 2 is 1.73 bits per heavy atom. The topological polar surface area (TPSA) is 101 Å². The fourth-order valence-electron chi connectivity index (χ4n) is 6.22. The number of fused-ring (bicyclic) bond motifs is 2.